The van der Waals surface area contributed by atoms with Gasteiger partial charge in [0, 0.05) is 31.6 Å². The summed E-state index contributed by atoms with van der Waals surface area (Å²) in [5.74, 6) is 0.0457. The van der Waals surface area contributed by atoms with Gasteiger partial charge in [-0.1, -0.05) is 12.1 Å². The number of para-hydroxylation sites is 1. The fourth-order valence-electron chi connectivity index (χ4n) is 2.57. The number of fused-ring (bicyclic) bond motifs is 1. The average Bonchev–Trinajstić information content (AvgIpc) is 2.51. The third kappa shape index (κ3) is 2.80. The van der Waals surface area contributed by atoms with E-state index in [1.54, 1.807) is 10.7 Å². The van der Waals surface area contributed by atoms with Crippen LogP contribution in [0.2, 0.25) is 0 Å². The van der Waals surface area contributed by atoms with Gasteiger partial charge >= 0.3 is 0 Å². The van der Waals surface area contributed by atoms with Crippen LogP contribution >= 0.6 is 0 Å². The van der Waals surface area contributed by atoms with Crippen molar-refractivity contribution >= 4 is 16.8 Å². The molecule has 1 aromatic heterocycles. The second-order valence-electron chi connectivity index (χ2n) is 5.37. The number of hydrogen-bond donors (Lipinski definition) is 0. The van der Waals surface area contributed by atoms with Crippen molar-refractivity contribution < 1.29 is 4.79 Å². The van der Waals surface area contributed by atoms with Crippen LogP contribution in [0, 0.1) is 0 Å². The Bertz CT molecular complexity index is 717. The Morgan fingerprint density at radius 1 is 1.19 bits per heavy atom. The van der Waals surface area contributed by atoms with Gasteiger partial charge in [-0.3, -0.25) is 14.3 Å². The number of likely N-dealkylation sites (N-methyl/N-ethyl adjacent to an activating group) is 1. The van der Waals surface area contributed by atoms with Crippen molar-refractivity contribution in [1.29, 1.82) is 0 Å². The minimum atomic E-state index is -0.117. The molecule has 2 aromatic rings. The van der Waals surface area contributed by atoms with Gasteiger partial charge in [0.05, 0.1) is 11.7 Å². The second kappa shape index (κ2) is 5.65. The molecule has 1 saturated heterocycles. The molecule has 0 saturated carbocycles. The van der Waals surface area contributed by atoms with Crippen LogP contribution in [-0.4, -0.2) is 58.7 Å². The minimum absolute atomic E-state index is 0.0457. The molecule has 2 heterocycles. The normalized spacial score (nSPS) is 16.3. The standard InChI is InChI=1S/C15H18N4O2/c1-17-6-8-18(9-7-17)15(21)11-19-13-5-3-2-4-12(13)14(20)10-16-19/h2-5,10H,6-9,11H2,1H3. The molecular formula is C15H18N4O2. The van der Waals surface area contributed by atoms with Gasteiger partial charge in [-0.2, -0.15) is 5.10 Å². The molecule has 0 unspecified atom stereocenters. The monoisotopic (exact) mass is 286 g/mol. The molecule has 6 nitrogen and oxygen atoms in total. The fraction of sp³-hybridized carbons (Fsp3) is 0.400. The number of carbonyl (C=O) groups is 1. The molecule has 110 valence electrons. The van der Waals surface area contributed by atoms with E-state index in [0.717, 1.165) is 26.2 Å². The number of benzene rings is 1. The molecule has 6 heteroatoms. The second-order valence-corrected chi connectivity index (χ2v) is 5.37. The highest BCUT2D eigenvalue weighted by molar-refractivity contribution is 5.81. The van der Waals surface area contributed by atoms with Crippen molar-refractivity contribution in [3.05, 3.63) is 40.7 Å². The van der Waals surface area contributed by atoms with Crippen LogP contribution in [0.15, 0.2) is 35.3 Å². The molecule has 0 bridgehead atoms. The van der Waals surface area contributed by atoms with Crippen molar-refractivity contribution in [2.24, 2.45) is 0 Å². The van der Waals surface area contributed by atoms with Gasteiger partial charge in [-0.05, 0) is 19.2 Å². The highest BCUT2D eigenvalue weighted by Gasteiger charge is 2.19. The maximum Gasteiger partial charge on any atom is 0.244 e. The van der Waals surface area contributed by atoms with Gasteiger partial charge in [0.1, 0.15) is 6.54 Å². The van der Waals surface area contributed by atoms with Crippen molar-refractivity contribution in [2.75, 3.05) is 33.2 Å². The van der Waals surface area contributed by atoms with E-state index >= 15 is 0 Å². The zero-order valence-corrected chi connectivity index (χ0v) is 12.0. The molecule has 1 aliphatic rings. The Morgan fingerprint density at radius 2 is 1.90 bits per heavy atom. The number of rotatable bonds is 2. The van der Waals surface area contributed by atoms with Gasteiger partial charge in [0.15, 0.2) is 0 Å². The number of piperazine rings is 1. The highest BCUT2D eigenvalue weighted by Crippen LogP contribution is 2.09. The Hall–Kier alpha value is -2.21. The van der Waals surface area contributed by atoms with E-state index in [1.165, 1.54) is 6.20 Å². The summed E-state index contributed by atoms with van der Waals surface area (Å²) in [6.07, 6.45) is 1.28. The lowest BCUT2D eigenvalue weighted by Gasteiger charge is -2.32. The highest BCUT2D eigenvalue weighted by atomic mass is 16.2. The van der Waals surface area contributed by atoms with Crippen molar-refractivity contribution in [3.63, 3.8) is 0 Å². The van der Waals surface area contributed by atoms with Crippen LogP contribution in [0.5, 0.6) is 0 Å². The van der Waals surface area contributed by atoms with E-state index in [-0.39, 0.29) is 17.9 Å². The number of aromatic nitrogens is 2. The number of amides is 1. The predicted octanol–water partition coefficient (Wildman–Crippen LogP) is 0.171. The lowest BCUT2D eigenvalue weighted by molar-refractivity contribution is -0.133. The summed E-state index contributed by atoms with van der Waals surface area (Å²) in [4.78, 5) is 28.2. The topological polar surface area (TPSA) is 58.4 Å². The Balaban J connectivity index is 1.83. The van der Waals surface area contributed by atoms with Crippen molar-refractivity contribution in [1.82, 2.24) is 19.6 Å². The SMILES string of the molecule is CN1CCN(C(=O)Cn2ncc(=O)c3ccccc32)CC1. The van der Waals surface area contributed by atoms with Gasteiger partial charge in [0.25, 0.3) is 0 Å². The van der Waals surface area contributed by atoms with Crippen molar-refractivity contribution in [2.45, 2.75) is 6.54 Å². The lowest BCUT2D eigenvalue weighted by Crippen LogP contribution is -2.48. The molecule has 0 N–H and O–H groups in total. The summed E-state index contributed by atoms with van der Waals surface area (Å²) in [6, 6.07) is 7.24. The molecule has 21 heavy (non-hydrogen) atoms. The first-order chi connectivity index (χ1) is 10.1. The van der Waals surface area contributed by atoms with Crippen LogP contribution in [0.1, 0.15) is 0 Å². The first-order valence-electron chi connectivity index (χ1n) is 7.06. The third-order valence-electron chi connectivity index (χ3n) is 3.90. The maximum atomic E-state index is 12.4. The van der Waals surface area contributed by atoms with Crippen LogP contribution in [0.3, 0.4) is 0 Å². The van der Waals surface area contributed by atoms with E-state index < -0.39 is 0 Å². The molecule has 0 spiro atoms. The Kier molecular flexibility index (Phi) is 3.70. The van der Waals surface area contributed by atoms with E-state index in [1.807, 2.05) is 23.1 Å². The van der Waals surface area contributed by atoms with Crippen LogP contribution < -0.4 is 5.43 Å². The quantitative estimate of drug-likeness (QED) is 0.790. The predicted molar refractivity (Wildman–Crippen MR) is 80.1 cm³/mol. The van der Waals surface area contributed by atoms with E-state index in [9.17, 15) is 9.59 Å². The number of hydrogen-bond acceptors (Lipinski definition) is 4. The Labute approximate surface area is 122 Å². The van der Waals surface area contributed by atoms with E-state index in [4.69, 9.17) is 0 Å². The molecule has 1 fully saturated rings. The van der Waals surface area contributed by atoms with Crippen LogP contribution in [-0.2, 0) is 11.3 Å². The summed E-state index contributed by atoms with van der Waals surface area (Å²) in [6.45, 7) is 3.44. The molecule has 1 amide bonds. The van der Waals surface area contributed by atoms with Gasteiger partial charge < -0.3 is 9.80 Å². The molecule has 0 atom stereocenters. The summed E-state index contributed by atoms with van der Waals surface area (Å²) >= 11 is 0. The smallest absolute Gasteiger partial charge is 0.244 e. The lowest BCUT2D eigenvalue weighted by atomic mass is 10.2. The van der Waals surface area contributed by atoms with Crippen LogP contribution in [0.25, 0.3) is 10.9 Å². The first-order valence-corrected chi connectivity index (χ1v) is 7.06. The summed E-state index contributed by atoms with van der Waals surface area (Å²) in [5.41, 5.74) is 0.585. The van der Waals surface area contributed by atoms with E-state index in [0.29, 0.717) is 10.9 Å². The molecule has 0 radical (unpaired) electrons. The number of nitrogens with zero attached hydrogens (tertiary/aromatic N) is 4. The molecule has 3 rings (SSSR count). The zero-order chi connectivity index (χ0) is 14.8. The molecule has 1 aromatic carbocycles. The number of carbonyl (C=O) groups excluding carboxylic acids is 1. The minimum Gasteiger partial charge on any atom is -0.339 e. The van der Waals surface area contributed by atoms with Crippen LogP contribution in [0.4, 0.5) is 0 Å². The van der Waals surface area contributed by atoms with E-state index in [2.05, 4.69) is 17.0 Å². The molecule has 1 aliphatic heterocycles. The van der Waals surface area contributed by atoms with Gasteiger partial charge in [-0.15, -0.1) is 0 Å². The zero-order valence-electron chi connectivity index (χ0n) is 12.0. The molecule has 0 aliphatic carbocycles. The van der Waals surface area contributed by atoms with Gasteiger partial charge in [0.2, 0.25) is 11.3 Å². The maximum absolute atomic E-state index is 12.4. The van der Waals surface area contributed by atoms with Crippen molar-refractivity contribution in [3.8, 4) is 0 Å². The Morgan fingerprint density at radius 3 is 2.67 bits per heavy atom. The third-order valence-corrected chi connectivity index (χ3v) is 3.90. The average molecular weight is 286 g/mol. The summed E-state index contributed by atoms with van der Waals surface area (Å²) in [5, 5.41) is 4.70. The summed E-state index contributed by atoms with van der Waals surface area (Å²) in [7, 11) is 2.05. The first kappa shape index (κ1) is 13.8. The van der Waals surface area contributed by atoms with Gasteiger partial charge in [-0.25, -0.2) is 0 Å². The molecular weight excluding hydrogens is 268 g/mol. The summed E-state index contributed by atoms with van der Waals surface area (Å²) < 4.78 is 1.61. The largest absolute Gasteiger partial charge is 0.339 e. The fourth-order valence-corrected chi connectivity index (χ4v) is 2.57.